The summed E-state index contributed by atoms with van der Waals surface area (Å²) in [7, 11) is 0. The van der Waals surface area contributed by atoms with Gasteiger partial charge in [0.05, 0.1) is 4.47 Å². The molecule has 1 aromatic rings. The van der Waals surface area contributed by atoms with E-state index in [0.29, 0.717) is 16.6 Å². The molecule has 4 heteroatoms. The predicted molar refractivity (Wildman–Crippen MR) is 58.8 cm³/mol. The summed E-state index contributed by atoms with van der Waals surface area (Å²) in [4.78, 5) is 0. The molecule has 0 spiro atoms. The van der Waals surface area contributed by atoms with Crippen molar-refractivity contribution in [2.45, 2.75) is 25.2 Å². The Morgan fingerprint density at radius 1 is 1.40 bits per heavy atom. The summed E-state index contributed by atoms with van der Waals surface area (Å²) in [5.41, 5.74) is 5.75. The first-order valence-electron chi connectivity index (χ1n) is 4.86. The molecule has 1 saturated carbocycles. The highest BCUT2D eigenvalue weighted by atomic mass is 79.9. The zero-order valence-corrected chi connectivity index (χ0v) is 10.00. The topological polar surface area (TPSA) is 26.0 Å². The quantitative estimate of drug-likeness (QED) is 0.825. The Morgan fingerprint density at radius 2 is 2.00 bits per heavy atom. The molecule has 0 saturated heterocycles. The van der Waals surface area contributed by atoms with E-state index in [2.05, 4.69) is 15.9 Å². The third-order valence-electron chi connectivity index (χ3n) is 3.11. The first-order valence-corrected chi connectivity index (χ1v) is 5.66. The summed E-state index contributed by atoms with van der Waals surface area (Å²) >= 11 is 3.10. The Hall–Kier alpha value is -0.480. The Bertz CT molecular complexity index is 387. The molecule has 82 valence electrons. The minimum Gasteiger partial charge on any atom is -0.330 e. The summed E-state index contributed by atoms with van der Waals surface area (Å²) in [6.07, 6.45) is 1.54. The van der Waals surface area contributed by atoms with Crippen molar-refractivity contribution in [2.24, 2.45) is 5.73 Å². The molecule has 0 aliphatic heterocycles. The molecule has 15 heavy (non-hydrogen) atoms. The first-order chi connectivity index (χ1) is 7.02. The van der Waals surface area contributed by atoms with Gasteiger partial charge in [-0.3, -0.25) is 0 Å². The van der Waals surface area contributed by atoms with Crippen LogP contribution in [0.2, 0.25) is 0 Å². The van der Waals surface area contributed by atoms with E-state index in [1.165, 1.54) is 6.07 Å². The molecule has 1 aliphatic rings. The minimum atomic E-state index is -0.499. The molecule has 0 unspecified atom stereocenters. The Balaban J connectivity index is 2.64. The normalized spacial score (nSPS) is 17.9. The molecular weight excluding hydrogens is 264 g/mol. The Labute approximate surface area is 95.8 Å². The average molecular weight is 276 g/mol. The monoisotopic (exact) mass is 275 g/mol. The van der Waals surface area contributed by atoms with Crippen LogP contribution < -0.4 is 5.73 Å². The average Bonchev–Trinajstić information content (AvgIpc) is 2.96. The van der Waals surface area contributed by atoms with Gasteiger partial charge in [-0.15, -0.1) is 0 Å². The van der Waals surface area contributed by atoms with E-state index < -0.39 is 17.0 Å². The second-order valence-corrected chi connectivity index (χ2v) is 5.02. The molecule has 0 atom stereocenters. The maximum absolute atomic E-state index is 13.8. The van der Waals surface area contributed by atoms with E-state index in [1.54, 1.807) is 6.92 Å². The summed E-state index contributed by atoms with van der Waals surface area (Å²) in [5.74, 6) is -0.945. The van der Waals surface area contributed by atoms with Crippen LogP contribution >= 0.6 is 15.9 Å². The van der Waals surface area contributed by atoms with Crippen LogP contribution in [0.4, 0.5) is 8.78 Å². The fourth-order valence-electron chi connectivity index (χ4n) is 1.90. The number of benzene rings is 1. The smallest absolute Gasteiger partial charge is 0.144 e. The molecular formula is C11H12BrF2N. The van der Waals surface area contributed by atoms with Crippen molar-refractivity contribution < 1.29 is 8.78 Å². The van der Waals surface area contributed by atoms with Gasteiger partial charge in [0, 0.05) is 17.5 Å². The van der Waals surface area contributed by atoms with E-state index in [9.17, 15) is 8.78 Å². The highest BCUT2D eigenvalue weighted by molar-refractivity contribution is 9.10. The van der Waals surface area contributed by atoms with Gasteiger partial charge in [0.1, 0.15) is 11.6 Å². The number of rotatable bonds is 2. The summed E-state index contributed by atoms with van der Waals surface area (Å²) < 4.78 is 28.0. The highest BCUT2D eigenvalue weighted by Crippen LogP contribution is 2.50. The minimum absolute atomic E-state index is 0.164. The van der Waals surface area contributed by atoms with E-state index >= 15 is 0 Å². The van der Waals surface area contributed by atoms with Gasteiger partial charge < -0.3 is 5.73 Å². The lowest BCUT2D eigenvalue weighted by Crippen LogP contribution is -2.23. The summed E-state index contributed by atoms with van der Waals surface area (Å²) in [6.45, 7) is 1.94. The fourth-order valence-corrected chi connectivity index (χ4v) is 2.44. The molecule has 1 nitrogen and oxygen atoms in total. The SMILES string of the molecule is Cc1cc(Br)c(F)c(C2(CN)CC2)c1F. The molecule has 0 heterocycles. The van der Waals surface area contributed by atoms with Crippen molar-refractivity contribution >= 4 is 15.9 Å². The molecule has 0 bridgehead atoms. The number of aryl methyl sites for hydroxylation is 1. The second kappa shape index (κ2) is 3.52. The van der Waals surface area contributed by atoms with Gasteiger partial charge in [-0.1, -0.05) is 0 Å². The van der Waals surface area contributed by atoms with Crippen LogP contribution in [0.25, 0.3) is 0 Å². The number of hydrogen-bond acceptors (Lipinski definition) is 1. The van der Waals surface area contributed by atoms with Crippen LogP contribution in [0.5, 0.6) is 0 Å². The van der Waals surface area contributed by atoms with Gasteiger partial charge in [-0.25, -0.2) is 8.78 Å². The molecule has 0 radical (unpaired) electrons. The Kier molecular flexibility index (Phi) is 2.59. The third kappa shape index (κ3) is 1.60. The van der Waals surface area contributed by atoms with Gasteiger partial charge in [0.2, 0.25) is 0 Å². The Morgan fingerprint density at radius 3 is 2.47 bits per heavy atom. The van der Waals surface area contributed by atoms with Crippen molar-refractivity contribution in [3.05, 3.63) is 33.3 Å². The van der Waals surface area contributed by atoms with E-state index in [-0.39, 0.29) is 5.56 Å². The van der Waals surface area contributed by atoms with Crippen molar-refractivity contribution in [1.82, 2.24) is 0 Å². The molecule has 2 rings (SSSR count). The van der Waals surface area contributed by atoms with Crippen LogP contribution in [0.1, 0.15) is 24.0 Å². The second-order valence-electron chi connectivity index (χ2n) is 4.16. The van der Waals surface area contributed by atoms with Crippen LogP contribution in [-0.4, -0.2) is 6.54 Å². The van der Waals surface area contributed by atoms with Crippen molar-refractivity contribution in [1.29, 1.82) is 0 Å². The molecule has 0 amide bonds. The maximum atomic E-state index is 13.8. The van der Waals surface area contributed by atoms with Gasteiger partial charge >= 0.3 is 0 Å². The molecule has 1 fully saturated rings. The van der Waals surface area contributed by atoms with Crippen molar-refractivity contribution in [3.8, 4) is 0 Å². The fraction of sp³-hybridized carbons (Fsp3) is 0.455. The van der Waals surface area contributed by atoms with Crippen molar-refractivity contribution in [2.75, 3.05) is 6.54 Å². The number of nitrogens with two attached hydrogens (primary N) is 1. The third-order valence-corrected chi connectivity index (χ3v) is 3.69. The number of halogens is 3. The van der Waals surface area contributed by atoms with Gasteiger partial charge in [0.25, 0.3) is 0 Å². The van der Waals surface area contributed by atoms with Crippen molar-refractivity contribution in [3.63, 3.8) is 0 Å². The molecule has 0 aromatic heterocycles. The molecule has 2 N–H and O–H groups in total. The van der Waals surface area contributed by atoms with Crippen LogP contribution in [0.15, 0.2) is 10.5 Å². The lowest BCUT2D eigenvalue weighted by molar-refractivity contribution is 0.509. The summed E-state index contributed by atoms with van der Waals surface area (Å²) in [5, 5.41) is 0. The molecule has 1 aromatic carbocycles. The molecule has 1 aliphatic carbocycles. The van der Waals surface area contributed by atoms with Gasteiger partial charge in [0.15, 0.2) is 0 Å². The van der Waals surface area contributed by atoms with Gasteiger partial charge in [-0.2, -0.15) is 0 Å². The number of hydrogen-bond donors (Lipinski definition) is 1. The standard InChI is InChI=1S/C11H12BrF2N/c1-6-4-7(12)10(14)8(9(6)13)11(5-15)2-3-11/h4H,2-3,5,15H2,1H3. The first kappa shape index (κ1) is 11.0. The van der Waals surface area contributed by atoms with Crippen LogP contribution in [0, 0.1) is 18.6 Å². The summed E-state index contributed by atoms with van der Waals surface area (Å²) in [6, 6.07) is 1.46. The van der Waals surface area contributed by atoms with Crippen LogP contribution in [0.3, 0.4) is 0 Å². The zero-order valence-electron chi connectivity index (χ0n) is 8.41. The highest BCUT2D eigenvalue weighted by Gasteiger charge is 2.47. The zero-order chi connectivity index (χ0) is 11.2. The van der Waals surface area contributed by atoms with E-state index in [0.717, 1.165) is 12.8 Å². The van der Waals surface area contributed by atoms with E-state index in [1.807, 2.05) is 0 Å². The largest absolute Gasteiger partial charge is 0.330 e. The maximum Gasteiger partial charge on any atom is 0.144 e. The van der Waals surface area contributed by atoms with Gasteiger partial charge in [-0.05, 0) is 47.3 Å². The predicted octanol–water partition coefficient (Wildman–Crippen LogP) is 3.03. The lowest BCUT2D eigenvalue weighted by atomic mass is 9.93. The lowest BCUT2D eigenvalue weighted by Gasteiger charge is -2.17. The van der Waals surface area contributed by atoms with E-state index in [4.69, 9.17) is 5.73 Å². The van der Waals surface area contributed by atoms with Crippen LogP contribution in [-0.2, 0) is 5.41 Å².